The molecule has 7 nitrogen and oxygen atoms in total. The molecule has 1 aromatic heterocycles. The van der Waals surface area contributed by atoms with Crippen molar-refractivity contribution in [2.24, 2.45) is 5.92 Å². The number of nitrogens with zero attached hydrogens (tertiary/aromatic N) is 5. The zero-order chi connectivity index (χ0) is 18.0. The van der Waals surface area contributed by atoms with Gasteiger partial charge in [-0.3, -0.25) is 9.59 Å². The molecule has 1 aliphatic rings. The Morgan fingerprint density at radius 1 is 1.36 bits per heavy atom. The lowest BCUT2D eigenvalue weighted by atomic mass is 10.0. The molecule has 3 rings (SSSR count). The highest BCUT2D eigenvalue weighted by molar-refractivity contribution is 5.89. The number of carbonyl (C=O) groups is 2. The van der Waals surface area contributed by atoms with Crippen LogP contribution in [0.4, 0.5) is 0 Å². The Hall–Kier alpha value is -2.70. The van der Waals surface area contributed by atoms with Crippen LogP contribution in [0.15, 0.2) is 36.9 Å². The molecule has 2 heterocycles. The summed E-state index contributed by atoms with van der Waals surface area (Å²) in [5.41, 5.74) is 1.96. The summed E-state index contributed by atoms with van der Waals surface area (Å²) in [5.74, 6) is -0.148. The average Bonchev–Trinajstić information content (AvgIpc) is 3.29. The van der Waals surface area contributed by atoms with Crippen molar-refractivity contribution in [3.63, 3.8) is 0 Å². The molecular formula is C18H23N5O2. The number of carbonyl (C=O) groups excluding carboxylic acids is 2. The number of amides is 2. The van der Waals surface area contributed by atoms with E-state index < -0.39 is 0 Å². The molecule has 7 heteroatoms. The van der Waals surface area contributed by atoms with E-state index in [9.17, 15) is 9.59 Å². The van der Waals surface area contributed by atoms with Gasteiger partial charge in [-0.25, -0.2) is 9.67 Å². The van der Waals surface area contributed by atoms with Crippen LogP contribution in [0.5, 0.6) is 0 Å². The highest BCUT2D eigenvalue weighted by atomic mass is 16.2. The van der Waals surface area contributed by atoms with Gasteiger partial charge in [0, 0.05) is 26.6 Å². The van der Waals surface area contributed by atoms with Gasteiger partial charge in [0.1, 0.15) is 12.7 Å². The van der Waals surface area contributed by atoms with E-state index in [-0.39, 0.29) is 23.8 Å². The summed E-state index contributed by atoms with van der Waals surface area (Å²) in [6, 6.07) is 7.82. The molecule has 132 valence electrons. The van der Waals surface area contributed by atoms with Crippen LogP contribution in [0.2, 0.25) is 0 Å². The first-order valence-electron chi connectivity index (χ1n) is 8.50. The summed E-state index contributed by atoms with van der Waals surface area (Å²) >= 11 is 0. The summed E-state index contributed by atoms with van der Waals surface area (Å²) in [6.45, 7) is 5.12. The lowest BCUT2D eigenvalue weighted by Crippen LogP contribution is -2.36. The fourth-order valence-electron chi connectivity index (χ4n) is 3.19. The van der Waals surface area contributed by atoms with Crippen molar-refractivity contribution in [1.29, 1.82) is 0 Å². The van der Waals surface area contributed by atoms with Gasteiger partial charge in [0.15, 0.2) is 0 Å². The van der Waals surface area contributed by atoms with Crippen molar-refractivity contribution in [3.05, 3.63) is 42.5 Å². The molecule has 25 heavy (non-hydrogen) atoms. The zero-order valence-corrected chi connectivity index (χ0v) is 14.8. The third-order valence-corrected chi connectivity index (χ3v) is 4.93. The fourth-order valence-corrected chi connectivity index (χ4v) is 3.19. The molecule has 0 bridgehead atoms. The quantitative estimate of drug-likeness (QED) is 0.829. The summed E-state index contributed by atoms with van der Waals surface area (Å²) in [5, 5.41) is 4.10. The Kier molecular flexibility index (Phi) is 4.83. The van der Waals surface area contributed by atoms with Crippen molar-refractivity contribution in [3.8, 4) is 5.69 Å². The molecule has 0 radical (unpaired) electrons. The third kappa shape index (κ3) is 3.40. The lowest BCUT2D eigenvalue weighted by Gasteiger charge is -2.28. The Bertz CT molecular complexity index is 741. The SMILES string of the molecule is CCN1C[C@@H](C(=O)N(C)[C@@H](C)c2ccc(-n3cncn3)cc2)CC1=O. The minimum atomic E-state index is -0.241. The van der Waals surface area contributed by atoms with Gasteiger partial charge in [0.25, 0.3) is 0 Å². The first-order chi connectivity index (χ1) is 12.0. The van der Waals surface area contributed by atoms with Gasteiger partial charge in [-0.1, -0.05) is 12.1 Å². The minimum Gasteiger partial charge on any atom is -0.342 e. The third-order valence-electron chi connectivity index (χ3n) is 4.93. The fraction of sp³-hybridized carbons (Fsp3) is 0.444. The van der Waals surface area contributed by atoms with Gasteiger partial charge in [-0.05, 0) is 31.5 Å². The zero-order valence-electron chi connectivity index (χ0n) is 14.8. The Labute approximate surface area is 147 Å². The minimum absolute atomic E-state index is 0.0251. The summed E-state index contributed by atoms with van der Waals surface area (Å²) in [4.78, 5) is 32.0. The molecule has 1 fully saturated rings. The summed E-state index contributed by atoms with van der Waals surface area (Å²) in [6.07, 6.45) is 3.45. The number of hydrogen-bond donors (Lipinski definition) is 0. The topological polar surface area (TPSA) is 71.3 Å². The van der Waals surface area contributed by atoms with E-state index in [1.54, 1.807) is 27.9 Å². The number of likely N-dealkylation sites (tertiary alicyclic amines) is 1. The van der Waals surface area contributed by atoms with Crippen molar-refractivity contribution < 1.29 is 9.59 Å². The van der Waals surface area contributed by atoms with Crippen LogP contribution in [0.3, 0.4) is 0 Å². The van der Waals surface area contributed by atoms with Crippen LogP contribution in [0.1, 0.15) is 31.9 Å². The molecule has 0 aliphatic carbocycles. The lowest BCUT2D eigenvalue weighted by molar-refractivity contribution is -0.136. The molecule has 2 amide bonds. The van der Waals surface area contributed by atoms with Crippen molar-refractivity contribution >= 4 is 11.8 Å². The highest BCUT2D eigenvalue weighted by Crippen LogP contribution is 2.25. The molecule has 0 saturated carbocycles. The van der Waals surface area contributed by atoms with Crippen LogP contribution in [0.25, 0.3) is 5.69 Å². The Morgan fingerprint density at radius 2 is 2.08 bits per heavy atom. The molecule has 0 N–H and O–H groups in total. The van der Waals surface area contributed by atoms with Gasteiger partial charge in [0.05, 0.1) is 17.6 Å². The van der Waals surface area contributed by atoms with Gasteiger partial charge < -0.3 is 9.80 Å². The van der Waals surface area contributed by atoms with Gasteiger partial charge in [-0.2, -0.15) is 5.10 Å². The standard InChI is InChI=1S/C18H23N5O2/c1-4-22-10-15(9-17(22)24)18(25)21(3)13(2)14-5-7-16(8-6-14)23-12-19-11-20-23/h5-8,11-13,15H,4,9-10H2,1-3H3/t13-,15-/m0/s1. The maximum absolute atomic E-state index is 12.7. The molecule has 0 spiro atoms. The van der Waals surface area contributed by atoms with E-state index in [2.05, 4.69) is 10.1 Å². The Balaban J connectivity index is 1.68. The van der Waals surface area contributed by atoms with E-state index in [1.807, 2.05) is 38.1 Å². The predicted octanol–water partition coefficient (Wildman–Crippen LogP) is 1.66. The van der Waals surface area contributed by atoms with Crippen molar-refractivity contribution in [1.82, 2.24) is 24.6 Å². The number of aromatic nitrogens is 3. The van der Waals surface area contributed by atoms with E-state index in [0.29, 0.717) is 19.5 Å². The van der Waals surface area contributed by atoms with Crippen LogP contribution in [-0.2, 0) is 9.59 Å². The Morgan fingerprint density at radius 3 is 2.64 bits per heavy atom. The molecular weight excluding hydrogens is 318 g/mol. The predicted molar refractivity (Wildman–Crippen MR) is 92.9 cm³/mol. The van der Waals surface area contributed by atoms with Gasteiger partial charge in [-0.15, -0.1) is 0 Å². The van der Waals surface area contributed by atoms with E-state index in [4.69, 9.17) is 0 Å². The molecule has 2 atom stereocenters. The monoisotopic (exact) mass is 341 g/mol. The van der Waals surface area contributed by atoms with E-state index >= 15 is 0 Å². The van der Waals surface area contributed by atoms with E-state index in [1.165, 1.54) is 6.33 Å². The maximum Gasteiger partial charge on any atom is 0.228 e. The summed E-state index contributed by atoms with van der Waals surface area (Å²) in [7, 11) is 1.80. The second-order valence-electron chi connectivity index (χ2n) is 6.39. The molecule has 1 aromatic carbocycles. The molecule has 0 unspecified atom stereocenters. The normalized spacial score (nSPS) is 18.4. The molecule has 1 aliphatic heterocycles. The number of benzene rings is 1. The van der Waals surface area contributed by atoms with Gasteiger partial charge >= 0.3 is 0 Å². The largest absolute Gasteiger partial charge is 0.342 e. The molecule has 1 saturated heterocycles. The average molecular weight is 341 g/mol. The molecule has 2 aromatic rings. The van der Waals surface area contributed by atoms with Crippen LogP contribution in [-0.4, -0.2) is 56.5 Å². The first kappa shape index (κ1) is 17.1. The van der Waals surface area contributed by atoms with Crippen LogP contribution < -0.4 is 0 Å². The van der Waals surface area contributed by atoms with Crippen molar-refractivity contribution in [2.45, 2.75) is 26.3 Å². The first-order valence-corrected chi connectivity index (χ1v) is 8.50. The number of rotatable bonds is 5. The van der Waals surface area contributed by atoms with E-state index in [0.717, 1.165) is 11.3 Å². The van der Waals surface area contributed by atoms with Crippen molar-refractivity contribution in [2.75, 3.05) is 20.1 Å². The van der Waals surface area contributed by atoms with Gasteiger partial charge in [0.2, 0.25) is 11.8 Å². The van der Waals surface area contributed by atoms with Crippen LogP contribution in [0, 0.1) is 5.92 Å². The smallest absolute Gasteiger partial charge is 0.228 e. The second kappa shape index (κ2) is 7.04. The maximum atomic E-state index is 12.7. The summed E-state index contributed by atoms with van der Waals surface area (Å²) < 4.78 is 1.69. The number of hydrogen-bond acceptors (Lipinski definition) is 4. The van der Waals surface area contributed by atoms with Crippen LogP contribution >= 0.6 is 0 Å². The second-order valence-corrected chi connectivity index (χ2v) is 6.39. The highest BCUT2D eigenvalue weighted by Gasteiger charge is 2.36.